The third kappa shape index (κ3) is 3.67. The van der Waals surface area contributed by atoms with Gasteiger partial charge in [0.1, 0.15) is 19.0 Å². The summed E-state index contributed by atoms with van der Waals surface area (Å²) in [4.78, 5) is 14.6. The molecular weight excluding hydrogens is 416 g/mol. The van der Waals surface area contributed by atoms with E-state index in [0.717, 1.165) is 22.4 Å². The lowest BCUT2D eigenvalue weighted by Crippen LogP contribution is -2.48. The quantitative estimate of drug-likeness (QED) is 0.553. The Labute approximate surface area is 186 Å². The van der Waals surface area contributed by atoms with Crippen LogP contribution in [-0.2, 0) is 9.53 Å². The Morgan fingerprint density at radius 3 is 2.42 bits per heavy atom. The number of carbonyl (C=O) groups excluding carboxylic acids is 1. The van der Waals surface area contributed by atoms with Crippen LogP contribution in [-0.4, -0.2) is 36.5 Å². The summed E-state index contributed by atoms with van der Waals surface area (Å²) in [5, 5.41) is 13.9. The smallest absolute Gasteiger partial charge is 0.337 e. The molecule has 2 heterocycles. The number of hydrogen-bond acceptors (Lipinski definition) is 6. The van der Waals surface area contributed by atoms with Crippen molar-refractivity contribution < 1.29 is 24.1 Å². The molecule has 0 aliphatic carbocycles. The van der Waals surface area contributed by atoms with Gasteiger partial charge in [-0.05, 0) is 73.9 Å². The summed E-state index contributed by atoms with van der Waals surface area (Å²) >= 11 is 5.69. The second kappa shape index (κ2) is 8.11. The van der Waals surface area contributed by atoms with Crippen LogP contribution >= 0.6 is 12.2 Å². The van der Waals surface area contributed by atoms with Crippen molar-refractivity contribution in [3.05, 3.63) is 58.3 Å². The number of esters is 1. The number of anilines is 1. The van der Waals surface area contributed by atoms with Crippen molar-refractivity contribution in [2.45, 2.75) is 26.8 Å². The Balaban J connectivity index is 1.83. The molecule has 2 aromatic rings. The standard InChI is InChI=1S/C23H24N2O5S/c1-12-9-15(10-13(2)21(12)26)20-19(22(27)28-4)14(3)25(23(31)24-20)16-5-6-17-18(11-16)30-8-7-29-17/h5-6,9-11,20,26H,7-8H2,1-4H3,(H,24,31)/t20-/m0/s1. The molecule has 8 heteroatoms. The molecule has 0 radical (unpaired) electrons. The van der Waals surface area contributed by atoms with Gasteiger partial charge in [-0.25, -0.2) is 4.79 Å². The number of aryl methyl sites for hydroxylation is 2. The molecule has 31 heavy (non-hydrogen) atoms. The van der Waals surface area contributed by atoms with Gasteiger partial charge in [0.05, 0.1) is 24.4 Å². The number of rotatable bonds is 3. The van der Waals surface area contributed by atoms with Crippen LogP contribution in [0, 0.1) is 13.8 Å². The number of methoxy groups -OCH3 is 1. The first-order chi connectivity index (χ1) is 14.8. The first-order valence-corrected chi connectivity index (χ1v) is 10.3. The molecule has 0 unspecified atom stereocenters. The van der Waals surface area contributed by atoms with E-state index in [1.807, 2.05) is 51.1 Å². The van der Waals surface area contributed by atoms with Crippen LogP contribution in [0.2, 0.25) is 0 Å². The minimum atomic E-state index is -0.508. The van der Waals surface area contributed by atoms with Gasteiger partial charge in [0, 0.05) is 11.8 Å². The van der Waals surface area contributed by atoms with E-state index in [1.54, 1.807) is 4.90 Å². The number of thiocarbonyl (C=S) groups is 1. The zero-order valence-corrected chi connectivity index (χ0v) is 18.6. The first-order valence-electron chi connectivity index (χ1n) is 9.91. The first kappa shape index (κ1) is 21.0. The molecule has 2 aliphatic rings. The summed E-state index contributed by atoms with van der Waals surface area (Å²) in [6, 6.07) is 8.73. The van der Waals surface area contributed by atoms with Crippen LogP contribution in [0.3, 0.4) is 0 Å². The lowest BCUT2D eigenvalue weighted by atomic mass is 9.92. The van der Waals surface area contributed by atoms with Crippen LogP contribution in [0.1, 0.15) is 29.7 Å². The predicted octanol–water partition coefficient (Wildman–Crippen LogP) is 3.66. The lowest BCUT2D eigenvalue weighted by molar-refractivity contribution is -0.136. The molecule has 0 fully saturated rings. The van der Waals surface area contributed by atoms with Gasteiger partial charge < -0.3 is 24.6 Å². The number of fused-ring (bicyclic) bond motifs is 1. The minimum absolute atomic E-state index is 0.236. The van der Waals surface area contributed by atoms with E-state index in [4.69, 9.17) is 26.4 Å². The molecule has 162 valence electrons. The second-order valence-corrected chi connectivity index (χ2v) is 7.93. The van der Waals surface area contributed by atoms with Gasteiger partial charge in [-0.15, -0.1) is 0 Å². The van der Waals surface area contributed by atoms with Crippen molar-refractivity contribution in [2.75, 3.05) is 25.2 Å². The third-order valence-corrected chi connectivity index (χ3v) is 5.82. The largest absolute Gasteiger partial charge is 0.507 e. The van der Waals surface area contributed by atoms with Crippen LogP contribution in [0.5, 0.6) is 17.2 Å². The highest BCUT2D eigenvalue weighted by Crippen LogP contribution is 2.39. The lowest BCUT2D eigenvalue weighted by Gasteiger charge is -2.38. The monoisotopic (exact) mass is 440 g/mol. The van der Waals surface area contributed by atoms with Crippen molar-refractivity contribution in [1.82, 2.24) is 5.32 Å². The average Bonchev–Trinajstić information content (AvgIpc) is 2.76. The number of aromatic hydroxyl groups is 1. The number of benzene rings is 2. The number of nitrogens with zero attached hydrogens (tertiary/aromatic N) is 1. The Hall–Kier alpha value is -3.26. The number of phenolic OH excluding ortho intramolecular Hbond substituents is 1. The predicted molar refractivity (Wildman–Crippen MR) is 121 cm³/mol. The maximum Gasteiger partial charge on any atom is 0.337 e. The van der Waals surface area contributed by atoms with E-state index >= 15 is 0 Å². The maximum atomic E-state index is 12.8. The van der Waals surface area contributed by atoms with E-state index in [9.17, 15) is 9.90 Å². The Morgan fingerprint density at radius 1 is 1.13 bits per heavy atom. The van der Waals surface area contributed by atoms with Gasteiger partial charge in [-0.3, -0.25) is 4.90 Å². The molecule has 0 saturated heterocycles. The molecule has 0 aromatic heterocycles. The second-order valence-electron chi connectivity index (χ2n) is 7.54. The number of phenols is 1. The van der Waals surface area contributed by atoms with Crippen molar-refractivity contribution in [3.8, 4) is 17.2 Å². The van der Waals surface area contributed by atoms with E-state index < -0.39 is 12.0 Å². The number of ether oxygens (including phenoxy) is 3. The average molecular weight is 441 g/mol. The fourth-order valence-electron chi connectivity index (χ4n) is 4.01. The SMILES string of the molecule is COC(=O)C1=C(C)N(c2ccc3c(c2)OCCO3)C(=S)N[C@H]1c1cc(C)c(O)c(C)c1. The summed E-state index contributed by atoms with van der Waals surface area (Å²) in [6.07, 6.45) is 0. The van der Waals surface area contributed by atoms with Crippen molar-refractivity contribution in [3.63, 3.8) is 0 Å². The number of carbonyl (C=O) groups is 1. The van der Waals surface area contributed by atoms with Gasteiger partial charge in [0.25, 0.3) is 0 Å². The molecule has 1 atom stereocenters. The molecule has 2 N–H and O–H groups in total. The normalized spacial score (nSPS) is 18.0. The topological polar surface area (TPSA) is 80.3 Å². The molecule has 2 aliphatic heterocycles. The summed E-state index contributed by atoms with van der Waals surface area (Å²) < 4.78 is 16.4. The van der Waals surface area contributed by atoms with Crippen molar-refractivity contribution >= 4 is 29.0 Å². The summed E-state index contributed by atoms with van der Waals surface area (Å²) in [5.74, 6) is 1.09. The number of hydrogen-bond donors (Lipinski definition) is 2. The Morgan fingerprint density at radius 2 is 1.77 bits per heavy atom. The Bertz CT molecular complexity index is 1090. The fourth-order valence-corrected chi connectivity index (χ4v) is 4.37. The number of nitrogens with one attached hydrogen (secondary N) is 1. The molecule has 0 saturated carbocycles. The van der Waals surface area contributed by atoms with Crippen molar-refractivity contribution in [2.24, 2.45) is 0 Å². The molecule has 7 nitrogen and oxygen atoms in total. The summed E-state index contributed by atoms with van der Waals surface area (Å²) in [7, 11) is 1.36. The number of allylic oxidation sites excluding steroid dienone is 1. The van der Waals surface area contributed by atoms with E-state index in [0.29, 0.717) is 41.1 Å². The zero-order chi connectivity index (χ0) is 22.3. The maximum absolute atomic E-state index is 12.8. The molecule has 2 aromatic carbocycles. The van der Waals surface area contributed by atoms with Crippen LogP contribution in [0.25, 0.3) is 0 Å². The minimum Gasteiger partial charge on any atom is -0.507 e. The fraction of sp³-hybridized carbons (Fsp3) is 0.304. The van der Waals surface area contributed by atoms with E-state index in [-0.39, 0.29) is 5.75 Å². The highest BCUT2D eigenvalue weighted by molar-refractivity contribution is 7.80. The molecule has 4 rings (SSSR count). The van der Waals surface area contributed by atoms with E-state index in [2.05, 4.69) is 5.32 Å². The van der Waals surface area contributed by atoms with Gasteiger partial charge in [-0.2, -0.15) is 0 Å². The highest BCUT2D eigenvalue weighted by atomic mass is 32.1. The van der Waals surface area contributed by atoms with Crippen LogP contribution in [0.4, 0.5) is 5.69 Å². The highest BCUT2D eigenvalue weighted by Gasteiger charge is 2.36. The molecule has 0 bridgehead atoms. The van der Waals surface area contributed by atoms with Gasteiger partial charge in [0.15, 0.2) is 16.6 Å². The van der Waals surface area contributed by atoms with Gasteiger partial charge >= 0.3 is 5.97 Å². The molecular formula is C23H24N2O5S. The zero-order valence-electron chi connectivity index (χ0n) is 17.8. The van der Waals surface area contributed by atoms with E-state index in [1.165, 1.54) is 7.11 Å². The third-order valence-electron chi connectivity index (χ3n) is 5.52. The van der Waals surface area contributed by atoms with Crippen LogP contribution in [0.15, 0.2) is 41.6 Å². The van der Waals surface area contributed by atoms with Crippen molar-refractivity contribution in [1.29, 1.82) is 0 Å². The Kier molecular flexibility index (Phi) is 5.49. The molecule has 0 spiro atoms. The van der Waals surface area contributed by atoms with Gasteiger partial charge in [0.2, 0.25) is 0 Å². The summed E-state index contributed by atoms with van der Waals surface area (Å²) in [6.45, 7) is 6.46. The van der Waals surface area contributed by atoms with Crippen LogP contribution < -0.4 is 19.7 Å². The van der Waals surface area contributed by atoms with Gasteiger partial charge in [-0.1, -0.05) is 0 Å². The molecule has 0 amide bonds. The summed E-state index contributed by atoms with van der Waals surface area (Å²) in [5.41, 5.74) is 4.10.